The number of hydrogen-bond acceptors (Lipinski definition) is 4. The molecule has 24 heavy (non-hydrogen) atoms. The van der Waals surface area contributed by atoms with Crippen LogP contribution in [0.4, 0.5) is 11.4 Å². The van der Waals surface area contributed by atoms with E-state index in [0.29, 0.717) is 26.2 Å². The monoisotopic (exact) mass is 357 g/mol. The van der Waals surface area contributed by atoms with Crippen molar-refractivity contribution in [1.82, 2.24) is 4.98 Å². The van der Waals surface area contributed by atoms with Gasteiger partial charge < -0.3 is 10.6 Å². The first-order valence-electron chi connectivity index (χ1n) is 7.00. The summed E-state index contributed by atoms with van der Waals surface area (Å²) in [5.41, 5.74) is 1.61. The predicted molar refractivity (Wildman–Crippen MR) is 95.9 cm³/mol. The number of nitrogens with one attached hydrogen (secondary N) is 2. The molecule has 1 aromatic carbocycles. The Balaban J connectivity index is 1.70. The molecule has 3 rings (SSSR count). The van der Waals surface area contributed by atoms with Crippen molar-refractivity contribution in [2.45, 2.75) is 0 Å². The average molecular weight is 358 g/mol. The van der Waals surface area contributed by atoms with Crippen LogP contribution in [0.3, 0.4) is 0 Å². The standard InChI is InChI=1S/C17H12ClN3O2S/c18-15-7-6-14(24-15)17(23)21-13-5-1-4-12(9-13)20-16(22)11-3-2-8-19-10-11/h1-10H,(H,20,22)(H,21,23). The molecular weight excluding hydrogens is 346 g/mol. The van der Waals surface area contributed by atoms with E-state index >= 15 is 0 Å². The van der Waals surface area contributed by atoms with Crippen LogP contribution in [0.15, 0.2) is 60.9 Å². The van der Waals surface area contributed by atoms with Crippen molar-refractivity contribution in [2.75, 3.05) is 10.6 Å². The highest BCUT2D eigenvalue weighted by Gasteiger charge is 2.10. The molecule has 0 saturated carbocycles. The first-order chi connectivity index (χ1) is 11.6. The molecule has 120 valence electrons. The number of rotatable bonds is 4. The second-order valence-corrected chi connectivity index (χ2v) is 6.55. The van der Waals surface area contributed by atoms with Crippen LogP contribution in [0.1, 0.15) is 20.0 Å². The second kappa shape index (κ2) is 7.25. The molecule has 2 N–H and O–H groups in total. The number of aromatic nitrogens is 1. The van der Waals surface area contributed by atoms with Crippen LogP contribution in [0.5, 0.6) is 0 Å². The van der Waals surface area contributed by atoms with Crippen molar-refractivity contribution in [1.29, 1.82) is 0 Å². The maximum Gasteiger partial charge on any atom is 0.265 e. The molecule has 0 fully saturated rings. The molecule has 0 bridgehead atoms. The summed E-state index contributed by atoms with van der Waals surface area (Å²) >= 11 is 7.04. The quantitative estimate of drug-likeness (QED) is 0.731. The van der Waals surface area contributed by atoms with Crippen LogP contribution < -0.4 is 10.6 Å². The fourth-order valence-corrected chi connectivity index (χ4v) is 2.94. The van der Waals surface area contributed by atoms with Gasteiger partial charge in [0.1, 0.15) is 0 Å². The largest absolute Gasteiger partial charge is 0.322 e. The van der Waals surface area contributed by atoms with Crippen molar-refractivity contribution in [3.8, 4) is 0 Å². The van der Waals surface area contributed by atoms with Crippen molar-refractivity contribution in [2.24, 2.45) is 0 Å². The van der Waals surface area contributed by atoms with Gasteiger partial charge in [-0.1, -0.05) is 17.7 Å². The van der Waals surface area contributed by atoms with Crippen LogP contribution in [0, 0.1) is 0 Å². The summed E-state index contributed by atoms with van der Waals surface area (Å²) in [7, 11) is 0. The summed E-state index contributed by atoms with van der Waals surface area (Å²) < 4.78 is 0.553. The molecule has 0 aliphatic heterocycles. The lowest BCUT2D eigenvalue weighted by atomic mass is 10.2. The van der Waals surface area contributed by atoms with Gasteiger partial charge in [0.2, 0.25) is 0 Å². The van der Waals surface area contributed by atoms with Gasteiger partial charge in [-0.25, -0.2) is 0 Å². The Hall–Kier alpha value is -2.70. The Morgan fingerprint density at radius 2 is 1.71 bits per heavy atom. The van der Waals surface area contributed by atoms with Gasteiger partial charge in [0.05, 0.1) is 14.8 Å². The summed E-state index contributed by atoms with van der Waals surface area (Å²) in [6.07, 6.45) is 3.09. The van der Waals surface area contributed by atoms with E-state index in [4.69, 9.17) is 11.6 Å². The van der Waals surface area contributed by atoms with E-state index < -0.39 is 0 Å². The topological polar surface area (TPSA) is 71.1 Å². The van der Waals surface area contributed by atoms with Gasteiger partial charge in [0.25, 0.3) is 11.8 Å². The van der Waals surface area contributed by atoms with E-state index in [0.717, 1.165) is 0 Å². The summed E-state index contributed by atoms with van der Waals surface area (Å²) in [5.74, 6) is -0.515. The Bertz CT molecular complexity index is 880. The van der Waals surface area contributed by atoms with Gasteiger partial charge in [-0.3, -0.25) is 14.6 Å². The number of pyridine rings is 1. The second-order valence-electron chi connectivity index (χ2n) is 4.83. The fraction of sp³-hybridized carbons (Fsp3) is 0. The summed E-state index contributed by atoms with van der Waals surface area (Å²) in [5, 5.41) is 5.54. The van der Waals surface area contributed by atoms with E-state index in [2.05, 4.69) is 15.6 Å². The van der Waals surface area contributed by atoms with Crippen LogP contribution in [-0.2, 0) is 0 Å². The molecule has 5 nitrogen and oxygen atoms in total. The molecule has 0 spiro atoms. The highest BCUT2D eigenvalue weighted by Crippen LogP contribution is 2.23. The van der Waals surface area contributed by atoms with Gasteiger partial charge in [0.15, 0.2) is 0 Å². The molecule has 3 aromatic rings. The minimum Gasteiger partial charge on any atom is -0.322 e. The molecule has 2 heterocycles. The zero-order valence-corrected chi connectivity index (χ0v) is 13.9. The number of carbonyl (C=O) groups is 2. The normalized spacial score (nSPS) is 10.2. The third kappa shape index (κ3) is 3.98. The minimum atomic E-state index is -0.267. The zero-order chi connectivity index (χ0) is 16.9. The summed E-state index contributed by atoms with van der Waals surface area (Å²) in [6.45, 7) is 0. The first-order valence-corrected chi connectivity index (χ1v) is 8.19. The van der Waals surface area contributed by atoms with Gasteiger partial charge in [-0.15, -0.1) is 11.3 Å². The molecule has 0 radical (unpaired) electrons. The van der Waals surface area contributed by atoms with E-state index in [1.807, 2.05) is 0 Å². The van der Waals surface area contributed by atoms with Crippen LogP contribution in [-0.4, -0.2) is 16.8 Å². The lowest BCUT2D eigenvalue weighted by molar-refractivity contribution is 0.102. The van der Waals surface area contributed by atoms with Crippen LogP contribution >= 0.6 is 22.9 Å². The van der Waals surface area contributed by atoms with Crippen molar-refractivity contribution < 1.29 is 9.59 Å². The number of hydrogen-bond donors (Lipinski definition) is 2. The number of anilines is 2. The van der Waals surface area contributed by atoms with Gasteiger partial charge >= 0.3 is 0 Å². The zero-order valence-electron chi connectivity index (χ0n) is 12.3. The van der Waals surface area contributed by atoms with E-state index in [1.54, 1.807) is 54.7 Å². The number of halogens is 1. The maximum atomic E-state index is 12.1. The minimum absolute atomic E-state index is 0.248. The Kier molecular flexibility index (Phi) is 4.88. The number of thiophene rings is 1. The van der Waals surface area contributed by atoms with E-state index in [1.165, 1.54) is 17.5 Å². The highest BCUT2D eigenvalue weighted by molar-refractivity contribution is 7.18. The van der Waals surface area contributed by atoms with Crippen LogP contribution in [0.2, 0.25) is 4.34 Å². The molecule has 2 aromatic heterocycles. The number of carbonyl (C=O) groups excluding carboxylic acids is 2. The Labute approximate surface area is 147 Å². The third-order valence-corrected chi connectivity index (χ3v) is 4.33. The molecule has 0 atom stereocenters. The van der Waals surface area contributed by atoms with Gasteiger partial charge in [-0.2, -0.15) is 0 Å². The highest BCUT2D eigenvalue weighted by atomic mass is 35.5. The molecular formula is C17H12ClN3O2S. The molecule has 7 heteroatoms. The van der Waals surface area contributed by atoms with E-state index in [9.17, 15) is 9.59 Å². The molecule has 0 aliphatic rings. The average Bonchev–Trinajstić information content (AvgIpc) is 3.02. The van der Waals surface area contributed by atoms with Crippen molar-refractivity contribution >= 4 is 46.1 Å². The predicted octanol–water partition coefficient (Wildman–Crippen LogP) is 4.30. The Morgan fingerprint density at radius 3 is 2.33 bits per heavy atom. The van der Waals surface area contributed by atoms with Crippen molar-refractivity contribution in [3.05, 3.63) is 75.7 Å². The third-order valence-electron chi connectivity index (χ3n) is 3.10. The number of benzene rings is 1. The SMILES string of the molecule is O=C(Nc1cccc(NC(=O)c2ccc(Cl)s2)c1)c1cccnc1. The van der Waals surface area contributed by atoms with Crippen molar-refractivity contribution in [3.63, 3.8) is 0 Å². The fourth-order valence-electron chi connectivity index (χ4n) is 2.00. The summed E-state index contributed by atoms with van der Waals surface area (Å²) in [4.78, 5) is 28.7. The van der Waals surface area contributed by atoms with Gasteiger partial charge in [0, 0.05) is 23.8 Å². The first kappa shape index (κ1) is 16.2. The lowest BCUT2D eigenvalue weighted by Gasteiger charge is -2.08. The molecule has 0 saturated heterocycles. The van der Waals surface area contributed by atoms with Gasteiger partial charge in [-0.05, 0) is 42.5 Å². The smallest absolute Gasteiger partial charge is 0.265 e. The Morgan fingerprint density at radius 1 is 0.958 bits per heavy atom. The number of nitrogens with zero attached hydrogens (tertiary/aromatic N) is 1. The lowest BCUT2D eigenvalue weighted by Crippen LogP contribution is -2.13. The number of amides is 2. The maximum absolute atomic E-state index is 12.1. The van der Waals surface area contributed by atoms with Crippen LogP contribution in [0.25, 0.3) is 0 Å². The molecule has 0 unspecified atom stereocenters. The van der Waals surface area contributed by atoms with E-state index in [-0.39, 0.29) is 11.8 Å². The molecule has 0 aliphatic carbocycles. The molecule has 2 amide bonds. The summed E-state index contributed by atoms with van der Waals surface area (Å²) in [6, 6.07) is 13.6.